The van der Waals surface area contributed by atoms with Gasteiger partial charge in [0.15, 0.2) is 0 Å². The average molecular weight is 210 g/mol. The van der Waals surface area contributed by atoms with Gasteiger partial charge in [0.05, 0.1) is 0 Å². The first-order valence-electron chi connectivity index (χ1n) is 3.79. The molecule has 14 heavy (non-hydrogen) atoms. The summed E-state index contributed by atoms with van der Waals surface area (Å²) in [7, 11) is 0. The van der Waals surface area contributed by atoms with Crippen molar-refractivity contribution >= 4 is 17.5 Å². The second kappa shape index (κ2) is 3.22. The lowest BCUT2D eigenvalue weighted by Crippen LogP contribution is -1.91. The Labute approximate surface area is 83.2 Å². The zero-order valence-electron chi connectivity index (χ0n) is 7.22. The number of carboxylic acid groups (broad SMARTS) is 1. The van der Waals surface area contributed by atoms with Crippen molar-refractivity contribution in [2.24, 2.45) is 0 Å². The first-order chi connectivity index (χ1) is 6.68. The van der Waals surface area contributed by atoms with Crippen molar-refractivity contribution in [1.82, 2.24) is 9.59 Å². The second-order valence-corrected chi connectivity index (χ2v) is 3.29. The summed E-state index contributed by atoms with van der Waals surface area (Å²) in [5.41, 5.74) is 1.32. The summed E-state index contributed by atoms with van der Waals surface area (Å²) >= 11 is 1.21. The van der Waals surface area contributed by atoms with E-state index < -0.39 is 5.97 Å². The molecule has 0 aliphatic rings. The van der Waals surface area contributed by atoms with E-state index in [1.165, 1.54) is 17.6 Å². The normalized spacial score (nSPS) is 10.4. The first kappa shape index (κ1) is 8.89. The standard InChI is InChI=1S/C8H6N2O3S/c1-4-5(6-3-14-10-9-6)2-7(13-4)8(11)12/h2-3H,1H3,(H,11,12). The van der Waals surface area contributed by atoms with Gasteiger partial charge in [0.2, 0.25) is 5.76 Å². The van der Waals surface area contributed by atoms with Gasteiger partial charge in [-0.1, -0.05) is 4.49 Å². The summed E-state index contributed by atoms with van der Waals surface area (Å²) in [6.45, 7) is 1.70. The highest BCUT2D eigenvalue weighted by Crippen LogP contribution is 2.25. The van der Waals surface area contributed by atoms with Crippen molar-refractivity contribution in [2.45, 2.75) is 6.92 Å². The van der Waals surface area contributed by atoms with E-state index in [0.29, 0.717) is 17.0 Å². The van der Waals surface area contributed by atoms with Gasteiger partial charge in [-0.25, -0.2) is 4.79 Å². The van der Waals surface area contributed by atoms with Crippen LogP contribution in [0.5, 0.6) is 0 Å². The predicted molar refractivity (Wildman–Crippen MR) is 49.3 cm³/mol. The van der Waals surface area contributed by atoms with Crippen molar-refractivity contribution in [1.29, 1.82) is 0 Å². The Hall–Kier alpha value is -1.69. The van der Waals surface area contributed by atoms with Crippen LogP contribution in [0.25, 0.3) is 11.3 Å². The number of aryl methyl sites for hydroxylation is 1. The molecular formula is C8H6N2O3S. The highest BCUT2D eigenvalue weighted by atomic mass is 32.1. The van der Waals surface area contributed by atoms with Crippen LogP contribution in [0, 0.1) is 6.92 Å². The Balaban J connectivity index is 2.50. The molecule has 0 spiro atoms. The number of hydrogen-bond acceptors (Lipinski definition) is 5. The molecule has 72 valence electrons. The number of furan rings is 1. The fraction of sp³-hybridized carbons (Fsp3) is 0.125. The summed E-state index contributed by atoms with van der Waals surface area (Å²) in [5, 5.41) is 14.3. The fourth-order valence-electron chi connectivity index (χ4n) is 1.12. The lowest BCUT2D eigenvalue weighted by molar-refractivity contribution is 0.0661. The van der Waals surface area contributed by atoms with Crippen LogP contribution >= 0.6 is 11.5 Å². The predicted octanol–water partition coefficient (Wildman–Crippen LogP) is 1.80. The maximum atomic E-state index is 10.6. The summed E-state index contributed by atoms with van der Waals surface area (Å²) in [6.07, 6.45) is 0. The molecule has 6 heteroatoms. The van der Waals surface area contributed by atoms with Gasteiger partial charge in [-0.05, 0) is 18.5 Å². The molecule has 2 heterocycles. The highest BCUT2D eigenvalue weighted by molar-refractivity contribution is 7.03. The summed E-state index contributed by atoms with van der Waals surface area (Å²) < 4.78 is 8.73. The van der Waals surface area contributed by atoms with Gasteiger partial charge in [0.25, 0.3) is 0 Å². The van der Waals surface area contributed by atoms with E-state index in [0.717, 1.165) is 0 Å². The molecule has 0 aromatic carbocycles. The topological polar surface area (TPSA) is 76.2 Å². The number of carboxylic acids is 1. The van der Waals surface area contributed by atoms with Crippen molar-refractivity contribution in [2.75, 3.05) is 0 Å². The molecule has 0 radical (unpaired) electrons. The van der Waals surface area contributed by atoms with E-state index in [9.17, 15) is 4.79 Å². The van der Waals surface area contributed by atoms with Crippen LogP contribution in [0.1, 0.15) is 16.3 Å². The van der Waals surface area contributed by atoms with Gasteiger partial charge in [0.1, 0.15) is 11.5 Å². The molecule has 2 aromatic heterocycles. The van der Waals surface area contributed by atoms with E-state index in [1.54, 1.807) is 12.3 Å². The molecule has 2 rings (SSSR count). The molecule has 0 aliphatic heterocycles. The highest BCUT2D eigenvalue weighted by Gasteiger charge is 2.15. The minimum absolute atomic E-state index is 0.0782. The Morgan fingerprint density at radius 1 is 1.64 bits per heavy atom. The van der Waals surface area contributed by atoms with Crippen LogP contribution in [-0.2, 0) is 0 Å². The molecule has 2 aromatic rings. The monoisotopic (exact) mass is 210 g/mol. The van der Waals surface area contributed by atoms with Gasteiger partial charge in [-0.3, -0.25) is 0 Å². The molecule has 0 bridgehead atoms. The molecule has 0 atom stereocenters. The van der Waals surface area contributed by atoms with Crippen molar-refractivity contribution in [3.8, 4) is 11.3 Å². The molecule has 1 N–H and O–H groups in total. The summed E-state index contributed by atoms with van der Waals surface area (Å²) in [5.74, 6) is -0.622. The van der Waals surface area contributed by atoms with E-state index in [4.69, 9.17) is 9.52 Å². The molecule has 0 unspecified atom stereocenters. The number of carbonyl (C=O) groups is 1. The molecule has 0 aliphatic carbocycles. The number of aromatic carboxylic acids is 1. The third-order valence-electron chi connectivity index (χ3n) is 1.76. The lowest BCUT2D eigenvalue weighted by Gasteiger charge is -1.87. The van der Waals surface area contributed by atoms with Crippen LogP contribution in [0.15, 0.2) is 15.9 Å². The quantitative estimate of drug-likeness (QED) is 0.817. The minimum Gasteiger partial charge on any atom is -0.475 e. The maximum absolute atomic E-state index is 10.6. The first-order valence-corrected chi connectivity index (χ1v) is 4.63. The van der Waals surface area contributed by atoms with Gasteiger partial charge in [-0.2, -0.15) is 0 Å². The number of aromatic nitrogens is 2. The van der Waals surface area contributed by atoms with Gasteiger partial charge >= 0.3 is 5.97 Å². The summed E-state index contributed by atoms with van der Waals surface area (Å²) in [4.78, 5) is 10.6. The molecule has 0 fully saturated rings. The Bertz CT molecular complexity index is 461. The minimum atomic E-state index is -1.08. The van der Waals surface area contributed by atoms with Crippen LogP contribution < -0.4 is 0 Å². The SMILES string of the molecule is Cc1oc(C(=O)O)cc1-c1csnn1. The maximum Gasteiger partial charge on any atom is 0.371 e. The van der Waals surface area contributed by atoms with Gasteiger partial charge in [0, 0.05) is 17.0 Å². The average Bonchev–Trinajstić information content (AvgIpc) is 2.71. The van der Waals surface area contributed by atoms with Crippen molar-refractivity contribution in [3.63, 3.8) is 0 Å². The van der Waals surface area contributed by atoms with Crippen LogP contribution in [-0.4, -0.2) is 20.7 Å². The molecule has 5 nitrogen and oxygen atoms in total. The Morgan fingerprint density at radius 2 is 2.43 bits per heavy atom. The second-order valence-electron chi connectivity index (χ2n) is 2.68. The van der Waals surface area contributed by atoms with E-state index >= 15 is 0 Å². The molecular weight excluding hydrogens is 204 g/mol. The third kappa shape index (κ3) is 1.39. The number of nitrogens with zero attached hydrogens (tertiary/aromatic N) is 2. The summed E-state index contributed by atoms with van der Waals surface area (Å²) in [6, 6.07) is 1.45. The third-order valence-corrected chi connectivity index (χ3v) is 2.27. The molecule has 0 amide bonds. The van der Waals surface area contributed by atoms with Crippen LogP contribution in [0.4, 0.5) is 0 Å². The van der Waals surface area contributed by atoms with E-state index in [-0.39, 0.29) is 5.76 Å². The smallest absolute Gasteiger partial charge is 0.371 e. The van der Waals surface area contributed by atoms with Crippen molar-refractivity contribution < 1.29 is 14.3 Å². The van der Waals surface area contributed by atoms with Crippen LogP contribution in [0.2, 0.25) is 0 Å². The van der Waals surface area contributed by atoms with Gasteiger partial charge < -0.3 is 9.52 Å². The van der Waals surface area contributed by atoms with E-state index in [1.807, 2.05) is 0 Å². The largest absolute Gasteiger partial charge is 0.475 e. The van der Waals surface area contributed by atoms with Crippen LogP contribution in [0.3, 0.4) is 0 Å². The number of hydrogen-bond donors (Lipinski definition) is 1. The molecule has 0 saturated heterocycles. The zero-order chi connectivity index (χ0) is 10.1. The fourth-order valence-corrected chi connectivity index (χ4v) is 1.58. The van der Waals surface area contributed by atoms with E-state index in [2.05, 4.69) is 9.59 Å². The zero-order valence-corrected chi connectivity index (χ0v) is 8.04. The molecule has 0 saturated carbocycles. The van der Waals surface area contributed by atoms with Crippen molar-refractivity contribution in [3.05, 3.63) is 23.0 Å². The number of rotatable bonds is 2. The lowest BCUT2D eigenvalue weighted by atomic mass is 10.2. The van der Waals surface area contributed by atoms with Gasteiger partial charge in [-0.15, -0.1) is 5.10 Å². The Kier molecular flexibility index (Phi) is 2.05. The Morgan fingerprint density at radius 3 is 2.93 bits per heavy atom.